The van der Waals surface area contributed by atoms with Crippen LogP contribution in [-0.4, -0.2) is 31.4 Å². The average Bonchev–Trinajstić information content (AvgIpc) is 2.58. The van der Waals surface area contributed by atoms with Gasteiger partial charge in [0.25, 0.3) is 0 Å². The number of carbonyl (C=O) groups is 1. The summed E-state index contributed by atoms with van der Waals surface area (Å²) in [5.74, 6) is 0.197. The van der Waals surface area contributed by atoms with Crippen LogP contribution in [0.4, 0.5) is 0 Å². The smallest absolute Gasteiger partial charge is 0.207 e. The quantitative estimate of drug-likeness (QED) is 0.671. The zero-order valence-corrected chi connectivity index (χ0v) is 15.2. The second kappa shape index (κ2) is 9.67. The summed E-state index contributed by atoms with van der Waals surface area (Å²) in [7, 11) is 2.10. The second-order valence-corrected chi connectivity index (χ2v) is 6.72. The number of hydrogen-bond acceptors (Lipinski definition) is 2. The molecule has 0 fully saturated rings. The number of nitrogens with one attached hydrogen (secondary N) is 1. The molecule has 128 valence electrons. The van der Waals surface area contributed by atoms with E-state index in [-0.39, 0.29) is 5.92 Å². The van der Waals surface area contributed by atoms with E-state index in [2.05, 4.69) is 41.5 Å². The molecule has 0 bridgehead atoms. The Hall–Kier alpha value is -1.55. The van der Waals surface area contributed by atoms with Gasteiger partial charge in [0.2, 0.25) is 6.41 Å². The minimum absolute atomic E-state index is 0.197. The van der Waals surface area contributed by atoms with E-state index in [1.807, 2.05) is 18.2 Å². The van der Waals surface area contributed by atoms with E-state index in [4.69, 9.17) is 23.2 Å². The lowest BCUT2D eigenvalue weighted by atomic mass is 9.95. The van der Waals surface area contributed by atoms with Crippen molar-refractivity contribution in [2.75, 3.05) is 20.1 Å². The van der Waals surface area contributed by atoms with Crippen LogP contribution in [-0.2, 0) is 11.3 Å². The molecule has 24 heavy (non-hydrogen) atoms. The van der Waals surface area contributed by atoms with Crippen molar-refractivity contribution in [3.05, 3.63) is 69.7 Å². The molecule has 1 N–H and O–H groups in total. The molecule has 0 saturated carbocycles. The molecule has 2 aromatic rings. The van der Waals surface area contributed by atoms with Gasteiger partial charge in [-0.3, -0.25) is 4.79 Å². The Morgan fingerprint density at radius 3 is 2.54 bits per heavy atom. The number of hydrogen-bond donors (Lipinski definition) is 1. The Kier molecular flexibility index (Phi) is 7.57. The molecule has 2 rings (SSSR count). The minimum Gasteiger partial charge on any atom is -0.358 e. The highest BCUT2D eigenvalue weighted by Crippen LogP contribution is 2.28. The molecule has 0 heterocycles. The summed E-state index contributed by atoms with van der Waals surface area (Å²) in [5.41, 5.74) is 2.38. The van der Waals surface area contributed by atoms with Gasteiger partial charge in [0, 0.05) is 19.0 Å². The van der Waals surface area contributed by atoms with E-state index in [1.54, 1.807) is 6.07 Å². The topological polar surface area (TPSA) is 32.3 Å². The van der Waals surface area contributed by atoms with Crippen LogP contribution >= 0.6 is 23.2 Å². The maximum Gasteiger partial charge on any atom is 0.207 e. The maximum atomic E-state index is 10.7. The lowest BCUT2D eigenvalue weighted by Gasteiger charge is -2.22. The number of carbonyl (C=O) groups excluding carboxylic acids is 1. The van der Waals surface area contributed by atoms with Crippen molar-refractivity contribution in [1.82, 2.24) is 10.2 Å². The molecule has 1 unspecified atom stereocenters. The lowest BCUT2D eigenvalue weighted by molar-refractivity contribution is -0.109. The summed E-state index contributed by atoms with van der Waals surface area (Å²) in [5, 5.41) is 3.87. The van der Waals surface area contributed by atoms with Crippen LogP contribution < -0.4 is 5.32 Å². The highest BCUT2D eigenvalue weighted by molar-refractivity contribution is 6.42. The van der Waals surface area contributed by atoms with Crippen molar-refractivity contribution in [3.63, 3.8) is 0 Å². The first-order valence-corrected chi connectivity index (χ1v) is 8.70. The van der Waals surface area contributed by atoms with Crippen molar-refractivity contribution in [1.29, 1.82) is 0 Å². The molecule has 0 saturated heterocycles. The van der Waals surface area contributed by atoms with Gasteiger partial charge in [-0.05, 0) is 43.3 Å². The Morgan fingerprint density at radius 1 is 1.12 bits per heavy atom. The van der Waals surface area contributed by atoms with Crippen LogP contribution in [0.2, 0.25) is 10.0 Å². The highest BCUT2D eigenvalue weighted by atomic mass is 35.5. The molecule has 1 amide bonds. The molecular weight excluding hydrogens is 343 g/mol. The number of rotatable bonds is 9. The Morgan fingerprint density at radius 2 is 1.88 bits per heavy atom. The Bertz CT molecular complexity index is 649. The summed E-state index contributed by atoms with van der Waals surface area (Å²) >= 11 is 12.1. The van der Waals surface area contributed by atoms with Crippen LogP contribution in [0, 0.1) is 0 Å². The number of nitrogens with zero attached hydrogens (tertiary/aromatic N) is 1. The first kappa shape index (κ1) is 18.8. The van der Waals surface area contributed by atoms with Gasteiger partial charge in [-0.2, -0.15) is 0 Å². The van der Waals surface area contributed by atoms with Crippen molar-refractivity contribution < 1.29 is 4.79 Å². The average molecular weight is 365 g/mol. The predicted molar refractivity (Wildman–Crippen MR) is 101 cm³/mol. The monoisotopic (exact) mass is 364 g/mol. The van der Waals surface area contributed by atoms with E-state index >= 15 is 0 Å². The third-order valence-corrected chi connectivity index (χ3v) is 4.76. The Balaban J connectivity index is 1.97. The fourth-order valence-corrected chi connectivity index (χ4v) is 3.00. The molecule has 0 aliphatic carbocycles. The van der Waals surface area contributed by atoms with Crippen molar-refractivity contribution in [2.24, 2.45) is 0 Å². The van der Waals surface area contributed by atoms with Gasteiger partial charge in [0.1, 0.15) is 0 Å². The Labute approximate surface area is 153 Å². The summed E-state index contributed by atoms with van der Waals surface area (Å²) in [6.45, 7) is 2.40. The summed E-state index contributed by atoms with van der Waals surface area (Å²) < 4.78 is 0. The molecule has 0 aromatic heterocycles. The fourth-order valence-electron chi connectivity index (χ4n) is 2.69. The fraction of sp³-hybridized carbons (Fsp3) is 0.316. The third-order valence-electron chi connectivity index (χ3n) is 4.02. The maximum absolute atomic E-state index is 10.7. The molecule has 1 atom stereocenters. The molecular formula is C19H22Cl2N2O. The van der Waals surface area contributed by atoms with E-state index in [0.717, 1.165) is 31.5 Å². The van der Waals surface area contributed by atoms with Gasteiger partial charge in [0.15, 0.2) is 0 Å². The standard InChI is InChI=1S/C19H22Cl2N2O/c1-23(13-15-5-3-2-4-6-15)10-9-17(12-22-14-24)16-7-8-18(20)19(21)11-16/h2-8,11,14,17H,9-10,12-13H2,1H3,(H,22,24). The summed E-state index contributed by atoms with van der Waals surface area (Å²) in [6.07, 6.45) is 1.65. The van der Waals surface area contributed by atoms with Crippen molar-refractivity contribution in [2.45, 2.75) is 18.9 Å². The first-order chi connectivity index (χ1) is 11.6. The van der Waals surface area contributed by atoms with Crippen LogP contribution in [0.25, 0.3) is 0 Å². The molecule has 5 heteroatoms. The van der Waals surface area contributed by atoms with Crippen molar-refractivity contribution in [3.8, 4) is 0 Å². The minimum atomic E-state index is 0.197. The number of benzene rings is 2. The van der Waals surface area contributed by atoms with Crippen molar-refractivity contribution >= 4 is 29.6 Å². The third kappa shape index (κ3) is 5.82. The SMILES string of the molecule is CN(CCC(CNC=O)c1ccc(Cl)c(Cl)c1)Cc1ccccc1. The molecule has 0 aliphatic heterocycles. The molecule has 0 spiro atoms. The number of amides is 1. The van der Waals surface area contributed by atoms with Crippen LogP contribution in [0.3, 0.4) is 0 Å². The number of halogens is 2. The highest BCUT2D eigenvalue weighted by Gasteiger charge is 2.14. The largest absolute Gasteiger partial charge is 0.358 e. The molecule has 3 nitrogen and oxygen atoms in total. The van der Waals surface area contributed by atoms with E-state index in [1.165, 1.54) is 5.56 Å². The molecule has 0 radical (unpaired) electrons. The van der Waals surface area contributed by atoms with E-state index in [9.17, 15) is 4.79 Å². The first-order valence-electron chi connectivity index (χ1n) is 7.94. The van der Waals surface area contributed by atoms with Crippen LogP contribution in [0.1, 0.15) is 23.5 Å². The molecule has 2 aromatic carbocycles. The normalized spacial score (nSPS) is 12.2. The van der Waals surface area contributed by atoms with Gasteiger partial charge in [0.05, 0.1) is 10.0 Å². The van der Waals surface area contributed by atoms with Crippen LogP contribution in [0.5, 0.6) is 0 Å². The van der Waals surface area contributed by atoms with Gasteiger partial charge in [-0.25, -0.2) is 0 Å². The van der Waals surface area contributed by atoms with Gasteiger partial charge in [-0.15, -0.1) is 0 Å². The summed E-state index contributed by atoms with van der Waals surface area (Å²) in [6, 6.07) is 16.0. The van der Waals surface area contributed by atoms with Gasteiger partial charge >= 0.3 is 0 Å². The zero-order valence-electron chi connectivity index (χ0n) is 13.7. The summed E-state index contributed by atoms with van der Waals surface area (Å²) in [4.78, 5) is 13.0. The zero-order chi connectivity index (χ0) is 17.4. The van der Waals surface area contributed by atoms with E-state index < -0.39 is 0 Å². The predicted octanol–water partition coefficient (Wildman–Crippen LogP) is 4.35. The van der Waals surface area contributed by atoms with Gasteiger partial charge in [-0.1, -0.05) is 59.6 Å². The van der Waals surface area contributed by atoms with Gasteiger partial charge < -0.3 is 10.2 Å². The van der Waals surface area contributed by atoms with Crippen LogP contribution in [0.15, 0.2) is 48.5 Å². The van der Waals surface area contributed by atoms with E-state index in [0.29, 0.717) is 16.6 Å². The molecule has 0 aliphatic rings. The second-order valence-electron chi connectivity index (χ2n) is 5.91. The lowest BCUT2D eigenvalue weighted by Crippen LogP contribution is -2.25.